The summed E-state index contributed by atoms with van der Waals surface area (Å²) in [5.74, 6) is -0.289. The maximum atomic E-state index is 11.9. The highest BCUT2D eigenvalue weighted by Crippen LogP contribution is 2.20. The first-order valence-corrected chi connectivity index (χ1v) is 7.23. The van der Waals surface area contributed by atoms with Gasteiger partial charge in [-0.1, -0.05) is 25.5 Å². The lowest BCUT2D eigenvalue weighted by atomic mass is 9.92. The van der Waals surface area contributed by atoms with Crippen LogP contribution < -0.4 is 5.73 Å². The van der Waals surface area contributed by atoms with E-state index in [1.54, 1.807) is 12.1 Å². The van der Waals surface area contributed by atoms with E-state index >= 15 is 0 Å². The minimum absolute atomic E-state index is 0.206. The normalized spacial score (nSPS) is 12.4. The van der Waals surface area contributed by atoms with Crippen LogP contribution >= 0.6 is 22.6 Å². The molecule has 0 heterocycles. The molecule has 0 spiro atoms. The molecule has 1 rings (SSSR count). The summed E-state index contributed by atoms with van der Waals surface area (Å²) in [7, 11) is 0. The van der Waals surface area contributed by atoms with E-state index in [4.69, 9.17) is 10.5 Å². The number of benzene rings is 1. The lowest BCUT2D eigenvalue weighted by Crippen LogP contribution is -2.21. The van der Waals surface area contributed by atoms with Gasteiger partial charge in [-0.05, 0) is 53.8 Å². The van der Waals surface area contributed by atoms with Crippen molar-refractivity contribution in [3.63, 3.8) is 0 Å². The summed E-state index contributed by atoms with van der Waals surface area (Å²) in [6, 6.07) is 7.33. The summed E-state index contributed by atoms with van der Waals surface area (Å²) in [6.45, 7) is 6.88. The van der Waals surface area contributed by atoms with Gasteiger partial charge in [0, 0.05) is 15.5 Å². The van der Waals surface area contributed by atoms with E-state index in [0.29, 0.717) is 18.7 Å². The van der Waals surface area contributed by atoms with Crippen LogP contribution in [0.15, 0.2) is 35.9 Å². The molecule has 0 bridgehead atoms. The quantitative estimate of drug-likeness (QED) is 0.489. The van der Waals surface area contributed by atoms with Crippen molar-refractivity contribution in [2.24, 2.45) is 11.1 Å². The third kappa shape index (κ3) is 5.74. The number of esters is 1. The summed E-state index contributed by atoms with van der Waals surface area (Å²) >= 11 is 2.20. The molecule has 0 saturated heterocycles. The van der Waals surface area contributed by atoms with Crippen LogP contribution in [0.1, 0.15) is 31.1 Å². The van der Waals surface area contributed by atoms with Crippen molar-refractivity contribution < 1.29 is 9.53 Å². The van der Waals surface area contributed by atoms with Crippen molar-refractivity contribution in [3.05, 3.63) is 45.0 Å². The van der Waals surface area contributed by atoms with Gasteiger partial charge in [0.1, 0.15) is 6.61 Å². The zero-order valence-electron chi connectivity index (χ0n) is 11.6. The van der Waals surface area contributed by atoms with Crippen molar-refractivity contribution >= 4 is 28.6 Å². The molecule has 0 unspecified atom stereocenters. The van der Waals surface area contributed by atoms with Crippen molar-refractivity contribution in [1.29, 1.82) is 0 Å². The van der Waals surface area contributed by atoms with Gasteiger partial charge in [-0.15, -0.1) is 0 Å². The zero-order chi connectivity index (χ0) is 14.5. The molecule has 1 aromatic rings. The summed E-state index contributed by atoms with van der Waals surface area (Å²) in [5.41, 5.74) is 7.03. The standard InChI is InChI=1S/C15H20INO2/c1-11(9-17)8-15(2,3)10-19-14(18)12-4-6-13(16)7-5-12/h4-8H,9-10,17H2,1-3H3/b11-8-. The molecule has 0 aliphatic rings. The SMILES string of the molecule is C/C(=C/C(C)(C)COC(=O)c1ccc(I)cc1)CN. The molecule has 0 aliphatic heterocycles. The maximum Gasteiger partial charge on any atom is 0.338 e. The Bertz CT molecular complexity index is 464. The summed E-state index contributed by atoms with van der Waals surface area (Å²) in [4.78, 5) is 11.9. The van der Waals surface area contributed by atoms with Crippen molar-refractivity contribution in [2.75, 3.05) is 13.2 Å². The first-order chi connectivity index (χ1) is 8.84. The second-order valence-electron chi connectivity index (χ2n) is 5.27. The molecule has 1 aromatic carbocycles. The van der Waals surface area contributed by atoms with Crippen molar-refractivity contribution in [2.45, 2.75) is 20.8 Å². The molecule has 0 atom stereocenters. The Hall–Kier alpha value is -0.880. The molecule has 104 valence electrons. The molecular weight excluding hydrogens is 353 g/mol. The van der Waals surface area contributed by atoms with Crippen molar-refractivity contribution in [3.8, 4) is 0 Å². The minimum atomic E-state index is -0.289. The molecule has 0 radical (unpaired) electrons. The topological polar surface area (TPSA) is 52.3 Å². The molecule has 3 nitrogen and oxygen atoms in total. The van der Waals surface area contributed by atoms with Crippen LogP contribution in [0.2, 0.25) is 0 Å². The third-order valence-corrected chi connectivity index (χ3v) is 3.33. The fourth-order valence-corrected chi connectivity index (χ4v) is 2.05. The molecule has 4 heteroatoms. The lowest BCUT2D eigenvalue weighted by Gasteiger charge is -2.21. The molecule has 0 amide bonds. The molecule has 0 fully saturated rings. The van der Waals surface area contributed by atoms with Crippen LogP contribution in [0.5, 0.6) is 0 Å². The molecule has 2 N–H and O–H groups in total. The van der Waals surface area contributed by atoms with Gasteiger partial charge >= 0.3 is 5.97 Å². The summed E-state index contributed by atoms with van der Waals surface area (Å²) in [6.07, 6.45) is 2.05. The average Bonchev–Trinajstić information content (AvgIpc) is 2.36. The molecule has 19 heavy (non-hydrogen) atoms. The number of hydrogen-bond donors (Lipinski definition) is 1. The number of hydrogen-bond acceptors (Lipinski definition) is 3. The number of carbonyl (C=O) groups is 1. The van der Waals surface area contributed by atoms with Gasteiger partial charge < -0.3 is 10.5 Å². The van der Waals surface area contributed by atoms with Gasteiger partial charge in [-0.2, -0.15) is 0 Å². The first kappa shape index (κ1) is 16.2. The predicted molar refractivity (Wildman–Crippen MR) is 86.0 cm³/mol. The van der Waals surface area contributed by atoms with Gasteiger partial charge in [0.25, 0.3) is 0 Å². The Morgan fingerprint density at radius 3 is 2.47 bits per heavy atom. The first-order valence-electron chi connectivity index (χ1n) is 6.15. The highest BCUT2D eigenvalue weighted by molar-refractivity contribution is 14.1. The zero-order valence-corrected chi connectivity index (χ0v) is 13.7. The maximum absolute atomic E-state index is 11.9. The number of rotatable bonds is 5. The molecule has 0 saturated carbocycles. The Kier molecular flexibility index (Phi) is 6.00. The van der Waals surface area contributed by atoms with Crippen LogP contribution in [0.25, 0.3) is 0 Å². The summed E-state index contributed by atoms with van der Waals surface area (Å²) in [5, 5.41) is 0. The van der Waals surface area contributed by atoms with E-state index in [1.165, 1.54) is 0 Å². The van der Waals surface area contributed by atoms with E-state index in [9.17, 15) is 4.79 Å². The smallest absolute Gasteiger partial charge is 0.338 e. The van der Waals surface area contributed by atoms with Gasteiger partial charge in [0.2, 0.25) is 0 Å². The Labute approximate surface area is 128 Å². The average molecular weight is 373 g/mol. The van der Waals surface area contributed by atoms with Gasteiger partial charge in [0.15, 0.2) is 0 Å². The molecule has 0 aliphatic carbocycles. The number of nitrogens with two attached hydrogens (primary N) is 1. The van der Waals surface area contributed by atoms with Gasteiger partial charge in [-0.25, -0.2) is 4.79 Å². The van der Waals surface area contributed by atoms with Crippen LogP contribution in [0, 0.1) is 8.99 Å². The van der Waals surface area contributed by atoms with E-state index in [1.807, 2.05) is 39.0 Å². The number of ether oxygens (including phenoxy) is 1. The lowest BCUT2D eigenvalue weighted by molar-refractivity contribution is 0.0399. The second kappa shape index (κ2) is 7.05. The highest BCUT2D eigenvalue weighted by Gasteiger charge is 2.18. The predicted octanol–water partition coefficient (Wildman–Crippen LogP) is 3.38. The minimum Gasteiger partial charge on any atom is -0.461 e. The van der Waals surface area contributed by atoms with Crippen LogP contribution in [-0.4, -0.2) is 19.1 Å². The fraction of sp³-hybridized carbons (Fsp3) is 0.400. The van der Waals surface area contributed by atoms with Crippen LogP contribution in [0.3, 0.4) is 0 Å². The van der Waals surface area contributed by atoms with Crippen molar-refractivity contribution in [1.82, 2.24) is 0 Å². The third-order valence-electron chi connectivity index (χ3n) is 2.61. The van der Waals surface area contributed by atoms with E-state index in [0.717, 1.165) is 9.14 Å². The van der Waals surface area contributed by atoms with E-state index in [-0.39, 0.29) is 11.4 Å². The Morgan fingerprint density at radius 1 is 1.37 bits per heavy atom. The van der Waals surface area contributed by atoms with E-state index < -0.39 is 0 Å². The van der Waals surface area contributed by atoms with Crippen LogP contribution in [0.4, 0.5) is 0 Å². The second-order valence-corrected chi connectivity index (χ2v) is 6.51. The highest BCUT2D eigenvalue weighted by atomic mass is 127. The number of carbonyl (C=O) groups excluding carboxylic acids is 1. The largest absolute Gasteiger partial charge is 0.461 e. The Morgan fingerprint density at radius 2 is 1.95 bits per heavy atom. The van der Waals surface area contributed by atoms with Crippen LogP contribution in [-0.2, 0) is 4.74 Å². The molecule has 0 aromatic heterocycles. The van der Waals surface area contributed by atoms with E-state index in [2.05, 4.69) is 22.6 Å². The van der Waals surface area contributed by atoms with Gasteiger partial charge in [-0.3, -0.25) is 0 Å². The Balaban J connectivity index is 2.61. The van der Waals surface area contributed by atoms with Gasteiger partial charge in [0.05, 0.1) is 5.56 Å². The monoisotopic (exact) mass is 373 g/mol. The summed E-state index contributed by atoms with van der Waals surface area (Å²) < 4.78 is 6.44. The fourth-order valence-electron chi connectivity index (χ4n) is 1.69. The molecular formula is C15H20INO2. The number of halogens is 1.